The number of hydrogen-bond acceptors (Lipinski definition) is 3. The largest absolute Gasteiger partial charge is 0.369 e. The van der Waals surface area contributed by atoms with E-state index in [1.807, 2.05) is 36.4 Å². The third-order valence-electron chi connectivity index (χ3n) is 4.94. The lowest BCUT2D eigenvalue weighted by atomic mass is 9.96. The van der Waals surface area contributed by atoms with Crippen LogP contribution >= 0.6 is 0 Å². The Morgan fingerprint density at radius 2 is 1.84 bits per heavy atom. The van der Waals surface area contributed by atoms with Gasteiger partial charge in [-0.3, -0.25) is 4.79 Å². The summed E-state index contributed by atoms with van der Waals surface area (Å²) < 4.78 is 0. The fraction of sp³-hybridized carbons (Fsp3) is 0.238. The van der Waals surface area contributed by atoms with Gasteiger partial charge in [0.1, 0.15) is 5.82 Å². The maximum atomic E-state index is 11.6. The molecule has 1 saturated heterocycles. The number of piperidine rings is 1. The fourth-order valence-electron chi connectivity index (χ4n) is 3.60. The van der Waals surface area contributed by atoms with Crippen LogP contribution in [-0.4, -0.2) is 24.0 Å². The minimum Gasteiger partial charge on any atom is -0.369 e. The predicted octanol–water partition coefficient (Wildman–Crippen LogP) is 3.60. The monoisotopic (exact) mass is 331 g/mol. The minimum atomic E-state index is -0.214. The standard InChI is InChI=1S/C21H21N3O/c22-21(25)16-9-6-12-24(14-16)20-13-18(15-7-2-1-3-8-15)17-10-4-5-11-19(17)23-20/h1-5,7-8,10-11,13,16H,6,9,12,14H2,(H2,22,25)/t16-/m0/s1. The lowest BCUT2D eigenvalue weighted by Crippen LogP contribution is -2.41. The smallest absolute Gasteiger partial charge is 0.222 e. The van der Waals surface area contributed by atoms with E-state index in [1.165, 1.54) is 11.1 Å². The van der Waals surface area contributed by atoms with Gasteiger partial charge in [-0.2, -0.15) is 0 Å². The first kappa shape index (κ1) is 15.6. The maximum Gasteiger partial charge on any atom is 0.222 e. The van der Waals surface area contributed by atoms with Crippen LogP contribution in [-0.2, 0) is 4.79 Å². The number of anilines is 1. The van der Waals surface area contributed by atoms with Gasteiger partial charge in [0.05, 0.1) is 11.4 Å². The molecule has 0 spiro atoms. The van der Waals surface area contributed by atoms with E-state index in [9.17, 15) is 4.79 Å². The zero-order chi connectivity index (χ0) is 17.2. The highest BCUT2D eigenvalue weighted by molar-refractivity contribution is 5.96. The first-order valence-corrected chi connectivity index (χ1v) is 8.72. The number of carbonyl (C=O) groups is 1. The average Bonchev–Trinajstić information content (AvgIpc) is 2.68. The van der Waals surface area contributed by atoms with Gasteiger partial charge in [0.15, 0.2) is 0 Å². The minimum absolute atomic E-state index is 0.0952. The molecule has 0 bridgehead atoms. The molecule has 3 aromatic rings. The molecule has 2 heterocycles. The van der Waals surface area contributed by atoms with Crippen molar-refractivity contribution >= 4 is 22.6 Å². The van der Waals surface area contributed by atoms with Gasteiger partial charge in [-0.1, -0.05) is 48.5 Å². The lowest BCUT2D eigenvalue weighted by Gasteiger charge is -2.32. The van der Waals surface area contributed by atoms with Crippen molar-refractivity contribution in [2.45, 2.75) is 12.8 Å². The third kappa shape index (κ3) is 3.07. The third-order valence-corrected chi connectivity index (χ3v) is 4.94. The summed E-state index contributed by atoms with van der Waals surface area (Å²) in [5.41, 5.74) is 8.85. The molecule has 4 heteroatoms. The van der Waals surface area contributed by atoms with Gasteiger partial charge < -0.3 is 10.6 Å². The van der Waals surface area contributed by atoms with Crippen molar-refractivity contribution in [3.05, 3.63) is 60.7 Å². The molecular weight excluding hydrogens is 310 g/mol. The molecule has 1 aliphatic heterocycles. The van der Waals surface area contributed by atoms with E-state index in [4.69, 9.17) is 10.7 Å². The Morgan fingerprint density at radius 3 is 2.64 bits per heavy atom. The van der Waals surface area contributed by atoms with Crippen LogP contribution in [0.25, 0.3) is 22.0 Å². The molecule has 2 aromatic carbocycles. The average molecular weight is 331 g/mol. The zero-order valence-corrected chi connectivity index (χ0v) is 14.1. The van der Waals surface area contributed by atoms with Crippen LogP contribution in [0.2, 0.25) is 0 Å². The Hall–Kier alpha value is -2.88. The van der Waals surface area contributed by atoms with Gasteiger partial charge in [0, 0.05) is 18.5 Å². The second-order valence-corrected chi connectivity index (χ2v) is 6.60. The normalized spacial score (nSPS) is 17.6. The number of hydrogen-bond donors (Lipinski definition) is 1. The SMILES string of the molecule is NC(=O)[C@H]1CCCN(c2cc(-c3ccccc3)c3ccccc3n2)C1. The summed E-state index contributed by atoms with van der Waals surface area (Å²) in [4.78, 5) is 18.7. The van der Waals surface area contributed by atoms with Crippen LogP contribution in [0.4, 0.5) is 5.82 Å². The van der Waals surface area contributed by atoms with Gasteiger partial charge in [0.25, 0.3) is 0 Å². The molecule has 0 saturated carbocycles. The first-order chi connectivity index (χ1) is 12.2. The summed E-state index contributed by atoms with van der Waals surface area (Å²) in [5.74, 6) is 0.611. The van der Waals surface area contributed by atoms with Crippen molar-refractivity contribution in [2.24, 2.45) is 11.7 Å². The van der Waals surface area contributed by atoms with E-state index in [-0.39, 0.29) is 11.8 Å². The second kappa shape index (κ2) is 6.55. The number of pyridine rings is 1. The maximum absolute atomic E-state index is 11.6. The molecule has 1 fully saturated rings. The van der Waals surface area contributed by atoms with Crippen molar-refractivity contribution in [1.82, 2.24) is 4.98 Å². The fourth-order valence-corrected chi connectivity index (χ4v) is 3.60. The van der Waals surface area contributed by atoms with E-state index < -0.39 is 0 Å². The van der Waals surface area contributed by atoms with Crippen LogP contribution in [0.15, 0.2) is 60.7 Å². The second-order valence-electron chi connectivity index (χ2n) is 6.60. The van der Waals surface area contributed by atoms with E-state index in [1.54, 1.807) is 0 Å². The molecule has 4 nitrogen and oxygen atoms in total. The van der Waals surface area contributed by atoms with Gasteiger partial charge in [-0.15, -0.1) is 0 Å². The molecule has 1 amide bonds. The summed E-state index contributed by atoms with van der Waals surface area (Å²) in [7, 11) is 0. The predicted molar refractivity (Wildman–Crippen MR) is 101 cm³/mol. The lowest BCUT2D eigenvalue weighted by molar-refractivity contribution is -0.122. The summed E-state index contributed by atoms with van der Waals surface area (Å²) >= 11 is 0. The van der Waals surface area contributed by atoms with Crippen molar-refractivity contribution in [2.75, 3.05) is 18.0 Å². The van der Waals surface area contributed by atoms with Crippen LogP contribution in [0, 0.1) is 5.92 Å². The molecule has 126 valence electrons. The number of benzene rings is 2. The number of nitrogens with two attached hydrogens (primary N) is 1. The number of fused-ring (bicyclic) bond motifs is 1. The van der Waals surface area contributed by atoms with Crippen LogP contribution in [0.1, 0.15) is 12.8 Å². The van der Waals surface area contributed by atoms with Gasteiger partial charge >= 0.3 is 0 Å². The first-order valence-electron chi connectivity index (χ1n) is 8.72. The molecule has 1 atom stereocenters. The van der Waals surface area contributed by atoms with Gasteiger partial charge in [-0.05, 0) is 36.1 Å². The molecule has 2 N–H and O–H groups in total. The molecule has 0 radical (unpaired) electrons. The Labute approximate surface area is 147 Å². The Morgan fingerprint density at radius 1 is 1.08 bits per heavy atom. The molecule has 0 unspecified atom stereocenters. The number of carbonyl (C=O) groups excluding carboxylic acids is 1. The van der Waals surface area contributed by atoms with Gasteiger partial charge in [0.2, 0.25) is 5.91 Å². The molecule has 1 aliphatic rings. The van der Waals surface area contributed by atoms with E-state index in [0.717, 1.165) is 36.1 Å². The number of primary amides is 1. The van der Waals surface area contributed by atoms with Gasteiger partial charge in [-0.25, -0.2) is 4.98 Å². The summed E-state index contributed by atoms with van der Waals surface area (Å²) in [6.07, 6.45) is 1.83. The van der Waals surface area contributed by atoms with Crippen molar-refractivity contribution in [3.63, 3.8) is 0 Å². The molecule has 25 heavy (non-hydrogen) atoms. The van der Waals surface area contributed by atoms with Crippen LogP contribution in [0.3, 0.4) is 0 Å². The molecule has 1 aromatic heterocycles. The molecular formula is C21H21N3O. The molecule has 0 aliphatic carbocycles. The highest BCUT2D eigenvalue weighted by atomic mass is 16.1. The number of rotatable bonds is 3. The number of para-hydroxylation sites is 1. The zero-order valence-electron chi connectivity index (χ0n) is 14.1. The number of aromatic nitrogens is 1. The number of amides is 1. The Kier molecular flexibility index (Phi) is 4.10. The number of nitrogens with zero attached hydrogens (tertiary/aromatic N) is 2. The van der Waals surface area contributed by atoms with Crippen molar-refractivity contribution in [1.29, 1.82) is 0 Å². The topological polar surface area (TPSA) is 59.2 Å². The summed E-state index contributed by atoms with van der Waals surface area (Å²) in [6, 6.07) is 20.7. The van der Waals surface area contributed by atoms with Crippen molar-refractivity contribution < 1.29 is 4.79 Å². The Bertz CT molecular complexity index is 907. The van der Waals surface area contributed by atoms with E-state index in [2.05, 4.69) is 29.2 Å². The highest BCUT2D eigenvalue weighted by Gasteiger charge is 2.25. The highest BCUT2D eigenvalue weighted by Crippen LogP contribution is 2.32. The van der Waals surface area contributed by atoms with Crippen LogP contribution in [0.5, 0.6) is 0 Å². The van der Waals surface area contributed by atoms with E-state index >= 15 is 0 Å². The van der Waals surface area contributed by atoms with Crippen LogP contribution < -0.4 is 10.6 Å². The van der Waals surface area contributed by atoms with Crippen molar-refractivity contribution in [3.8, 4) is 11.1 Å². The quantitative estimate of drug-likeness (QED) is 0.798. The molecule has 4 rings (SSSR count). The summed E-state index contributed by atoms with van der Waals surface area (Å²) in [5, 5.41) is 1.14. The Balaban J connectivity index is 1.81. The van der Waals surface area contributed by atoms with E-state index in [0.29, 0.717) is 6.54 Å². The summed E-state index contributed by atoms with van der Waals surface area (Å²) in [6.45, 7) is 1.55.